The minimum atomic E-state index is 0.0233. The first-order valence-corrected chi connectivity index (χ1v) is 7.90. The number of ether oxygens (including phenoxy) is 3. The molecule has 0 radical (unpaired) electrons. The van der Waals surface area contributed by atoms with Crippen molar-refractivity contribution in [3.8, 4) is 17.2 Å². The van der Waals surface area contributed by atoms with Gasteiger partial charge in [-0.1, -0.05) is 0 Å². The van der Waals surface area contributed by atoms with Crippen LogP contribution in [0.3, 0.4) is 0 Å². The van der Waals surface area contributed by atoms with Crippen molar-refractivity contribution in [2.75, 3.05) is 47.5 Å². The van der Waals surface area contributed by atoms with E-state index >= 15 is 0 Å². The average molecular weight is 333 g/mol. The molecule has 2 heterocycles. The van der Waals surface area contributed by atoms with Crippen LogP contribution in [-0.4, -0.2) is 62.9 Å². The molecule has 1 saturated heterocycles. The van der Waals surface area contributed by atoms with Crippen molar-refractivity contribution in [1.82, 2.24) is 14.8 Å². The van der Waals surface area contributed by atoms with E-state index in [2.05, 4.69) is 5.32 Å². The van der Waals surface area contributed by atoms with Crippen molar-refractivity contribution in [2.24, 2.45) is 7.05 Å². The van der Waals surface area contributed by atoms with Gasteiger partial charge in [0.05, 0.1) is 26.8 Å². The van der Waals surface area contributed by atoms with E-state index < -0.39 is 0 Å². The average Bonchev–Trinajstić information content (AvgIpc) is 2.96. The number of carbonyl (C=O) groups excluding carboxylic acids is 1. The summed E-state index contributed by atoms with van der Waals surface area (Å²) >= 11 is 0. The minimum absolute atomic E-state index is 0.0233. The molecule has 1 fully saturated rings. The number of aryl methyl sites for hydroxylation is 1. The molecule has 1 N–H and O–H groups in total. The van der Waals surface area contributed by atoms with E-state index in [-0.39, 0.29) is 5.91 Å². The van der Waals surface area contributed by atoms with E-state index in [1.54, 1.807) is 21.3 Å². The van der Waals surface area contributed by atoms with Gasteiger partial charge in [0.25, 0.3) is 5.91 Å². The number of fused-ring (bicyclic) bond motifs is 1. The number of rotatable bonds is 4. The predicted molar refractivity (Wildman–Crippen MR) is 91.3 cm³/mol. The van der Waals surface area contributed by atoms with Crippen LogP contribution in [0.15, 0.2) is 12.1 Å². The van der Waals surface area contributed by atoms with E-state index in [0.29, 0.717) is 36.0 Å². The number of benzene rings is 1. The molecule has 0 spiro atoms. The molecule has 1 aliphatic heterocycles. The Morgan fingerprint density at radius 3 is 2.29 bits per heavy atom. The highest BCUT2D eigenvalue weighted by Crippen LogP contribution is 2.44. The van der Waals surface area contributed by atoms with Crippen LogP contribution in [0, 0.1) is 0 Å². The summed E-state index contributed by atoms with van der Waals surface area (Å²) in [4.78, 5) is 14.7. The van der Waals surface area contributed by atoms with Gasteiger partial charge in [-0.3, -0.25) is 4.79 Å². The van der Waals surface area contributed by atoms with E-state index in [1.807, 2.05) is 28.6 Å². The van der Waals surface area contributed by atoms with Crippen molar-refractivity contribution in [2.45, 2.75) is 0 Å². The van der Waals surface area contributed by atoms with Gasteiger partial charge in [0, 0.05) is 44.7 Å². The third-order valence-corrected chi connectivity index (χ3v) is 4.47. The Labute approximate surface area is 141 Å². The van der Waals surface area contributed by atoms with E-state index in [9.17, 15) is 4.79 Å². The first-order chi connectivity index (χ1) is 11.6. The summed E-state index contributed by atoms with van der Waals surface area (Å²) in [5.74, 6) is 1.69. The van der Waals surface area contributed by atoms with Crippen molar-refractivity contribution in [3.63, 3.8) is 0 Å². The van der Waals surface area contributed by atoms with Gasteiger partial charge in [-0.25, -0.2) is 0 Å². The van der Waals surface area contributed by atoms with Gasteiger partial charge in [-0.15, -0.1) is 0 Å². The molecular weight excluding hydrogens is 310 g/mol. The zero-order valence-electron chi connectivity index (χ0n) is 14.5. The van der Waals surface area contributed by atoms with Gasteiger partial charge in [0.1, 0.15) is 5.69 Å². The highest BCUT2D eigenvalue weighted by atomic mass is 16.5. The molecule has 1 amide bonds. The van der Waals surface area contributed by atoms with Crippen molar-refractivity contribution >= 4 is 16.8 Å². The second-order valence-electron chi connectivity index (χ2n) is 5.71. The van der Waals surface area contributed by atoms with Crippen molar-refractivity contribution < 1.29 is 19.0 Å². The maximum absolute atomic E-state index is 12.9. The number of hydrogen-bond donors (Lipinski definition) is 1. The number of nitrogens with zero attached hydrogens (tertiary/aromatic N) is 2. The summed E-state index contributed by atoms with van der Waals surface area (Å²) in [6.07, 6.45) is 0. The molecule has 3 rings (SSSR count). The van der Waals surface area contributed by atoms with Crippen LogP contribution in [0.5, 0.6) is 17.2 Å². The second kappa shape index (κ2) is 6.60. The quantitative estimate of drug-likeness (QED) is 0.912. The SMILES string of the molecule is COc1cc2c(cc(C(=O)N3CCNCC3)n2C)c(OC)c1OC. The van der Waals surface area contributed by atoms with E-state index in [0.717, 1.165) is 24.0 Å². The number of amides is 1. The fourth-order valence-electron chi connectivity index (χ4n) is 3.18. The molecule has 1 aliphatic rings. The number of nitrogens with one attached hydrogen (secondary N) is 1. The lowest BCUT2D eigenvalue weighted by atomic mass is 10.2. The first kappa shape index (κ1) is 16.4. The Morgan fingerprint density at radius 1 is 1.04 bits per heavy atom. The van der Waals surface area contributed by atoms with Crippen molar-refractivity contribution in [1.29, 1.82) is 0 Å². The fraction of sp³-hybridized carbons (Fsp3) is 0.471. The Kier molecular flexibility index (Phi) is 4.53. The standard InChI is InChI=1S/C17H23N3O4/c1-19-12-10-14(22-2)16(24-4)15(23-3)11(12)9-13(19)17(21)20-7-5-18-6-8-20/h9-10,18H,5-8H2,1-4H3. The van der Waals surface area contributed by atoms with Gasteiger partial charge in [0.2, 0.25) is 5.75 Å². The van der Waals surface area contributed by atoms with Crippen LogP contribution in [0.1, 0.15) is 10.5 Å². The molecule has 130 valence electrons. The number of hydrogen-bond acceptors (Lipinski definition) is 5. The zero-order valence-corrected chi connectivity index (χ0v) is 14.5. The molecule has 0 bridgehead atoms. The van der Waals surface area contributed by atoms with Gasteiger partial charge in [-0.05, 0) is 6.07 Å². The number of carbonyl (C=O) groups is 1. The molecular formula is C17H23N3O4. The molecule has 24 heavy (non-hydrogen) atoms. The smallest absolute Gasteiger partial charge is 0.270 e. The highest BCUT2D eigenvalue weighted by molar-refractivity contribution is 6.02. The number of methoxy groups -OCH3 is 3. The minimum Gasteiger partial charge on any atom is -0.493 e. The molecule has 0 saturated carbocycles. The summed E-state index contributed by atoms with van der Waals surface area (Å²) in [6.45, 7) is 3.07. The third kappa shape index (κ3) is 2.54. The van der Waals surface area contributed by atoms with Crippen LogP contribution in [-0.2, 0) is 7.05 Å². The highest BCUT2D eigenvalue weighted by Gasteiger charge is 2.25. The monoisotopic (exact) mass is 333 g/mol. The van der Waals surface area contributed by atoms with Gasteiger partial charge >= 0.3 is 0 Å². The summed E-state index contributed by atoms with van der Waals surface area (Å²) in [6, 6.07) is 3.73. The topological polar surface area (TPSA) is 65.0 Å². The van der Waals surface area contributed by atoms with Crippen LogP contribution in [0.25, 0.3) is 10.9 Å². The lowest BCUT2D eigenvalue weighted by Gasteiger charge is -2.27. The van der Waals surface area contributed by atoms with Gasteiger partial charge in [0.15, 0.2) is 11.5 Å². The molecule has 1 aromatic heterocycles. The molecule has 1 aromatic carbocycles. The largest absolute Gasteiger partial charge is 0.493 e. The summed E-state index contributed by atoms with van der Waals surface area (Å²) in [5.41, 5.74) is 1.49. The molecule has 0 atom stereocenters. The van der Waals surface area contributed by atoms with Crippen LogP contribution >= 0.6 is 0 Å². The Balaban J connectivity index is 2.14. The molecule has 7 nitrogen and oxygen atoms in total. The normalized spacial score (nSPS) is 14.8. The van der Waals surface area contributed by atoms with Crippen molar-refractivity contribution in [3.05, 3.63) is 17.8 Å². The zero-order chi connectivity index (χ0) is 17.3. The van der Waals surface area contributed by atoms with Crippen LogP contribution < -0.4 is 19.5 Å². The predicted octanol–water partition coefficient (Wildman–Crippen LogP) is 1.25. The summed E-state index contributed by atoms with van der Waals surface area (Å²) in [5, 5.41) is 4.09. The van der Waals surface area contributed by atoms with Gasteiger partial charge < -0.3 is 29.0 Å². The second-order valence-corrected chi connectivity index (χ2v) is 5.71. The maximum Gasteiger partial charge on any atom is 0.270 e. The summed E-state index contributed by atoms with van der Waals surface area (Å²) < 4.78 is 18.2. The Hall–Kier alpha value is -2.41. The van der Waals surface area contributed by atoms with E-state index in [4.69, 9.17) is 14.2 Å². The summed E-state index contributed by atoms with van der Waals surface area (Å²) in [7, 11) is 6.62. The lowest BCUT2D eigenvalue weighted by molar-refractivity contribution is 0.0726. The fourth-order valence-corrected chi connectivity index (χ4v) is 3.18. The third-order valence-electron chi connectivity index (χ3n) is 4.47. The Bertz CT molecular complexity index is 763. The van der Waals surface area contributed by atoms with Crippen LogP contribution in [0.4, 0.5) is 0 Å². The van der Waals surface area contributed by atoms with E-state index in [1.165, 1.54) is 0 Å². The first-order valence-electron chi connectivity index (χ1n) is 7.90. The lowest BCUT2D eigenvalue weighted by Crippen LogP contribution is -2.46. The van der Waals surface area contributed by atoms with Crippen LogP contribution in [0.2, 0.25) is 0 Å². The molecule has 2 aromatic rings. The molecule has 0 unspecified atom stereocenters. The number of aromatic nitrogens is 1. The Morgan fingerprint density at radius 2 is 1.71 bits per heavy atom. The number of piperazine rings is 1. The molecule has 0 aliphatic carbocycles. The molecule has 7 heteroatoms. The van der Waals surface area contributed by atoms with Gasteiger partial charge in [-0.2, -0.15) is 0 Å². The maximum atomic E-state index is 12.9.